The van der Waals surface area contributed by atoms with Gasteiger partial charge in [-0.3, -0.25) is 5.10 Å². The second-order valence-electron chi connectivity index (χ2n) is 4.64. The van der Waals surface area contributed by atoms with E-state index >= 15 is 0 Å². The Morgan fingerprint density at radius 3 is 3.16 bits per heavy atom. The van der Waals surface area contributed by atoms with Crippen LogP contribution in [0.4, 0.5) is 10.7 Å². The molecule has 106 valence electrons. The minimum atomic E-state index is -0.108. The van der Waals surface area contributed by atoms with E-state index in [0.717, 1.165) is 19.4 Å². The maximum absolute atomic E-state index is 11.8. The van der Waals surface area contributed by atoms with Crippen molar-refractivity contribution in [1.29, 1.82) is 0 Å². The van der Waals surface area contributed by atoms with E-state index in [1.165, 1.54) is 0 Å². The zero-order valence-electron chi connectivity index (χ0n) is 11.1. The lowest BCUT2D eigenvalue weighted by molar-refractivity contribution is 0.0875. The second-order valence-corrected chi connectivity index (χ2v) is 4.64. The van der Waals surface area contributed by atoms with Crippen molar-refractivity contribution in [2.45, 2.75) is 25.4 Å². The number of nitrogens with one attached hydrogen (secondary N) is 2. The van der Waals surface area contributed by atoms with Gasteiger partial charge in [0, 0.05) is 33.2 Å². The topological polar surface area (TPSA) is 109 Å². The average Bonchev–Trinajstić information content (AvgIpc) is 3.01. The lowest BCUT2D eigenvalue weighted by atomic mass is 10.2. The van der Waals surface area contributed by atoms with E-state index < -0.39 is 0 Å². The predicted octanol–water partition coefficient (Wildman–Crippen LogP) is -0.250. The van der Waals surface area contributed by atoms with Crippen LogP contribution >= 0.6 is 0 Å². The van der Waals surface area contributed by atoms with E-state index in [2.05, 4.69) is 20.5 Å². The van der Waals surface area contributed by atoms with Crippen LogP contribution in [0.15, 0.2) is 0 Å². The van der Waals surface area contributed by atoms with Gasteiger partial charge in [0.1, 0.15) is 5.82 Å². The number of hydrogen-bond donors (Lipinski definition) is 3. The molecule has 1 fully saturated rings. The molecule has 8 nitrogen and oxygen atoms in total. The highest BCUT2D eigenvalue weighted by atomic mass is 16.5. The van der Waals surface area contributed by atoms with Gasteiger partial charge in [-0.25, -0.2) is 4.79 Å². The number of H-pyrrole nitrogens is 1. The molecule has 0 aliphatic carbocycles. The van der Waals surface area contributed by atoms with Gasteiger partial charge < -0.3 is 20.7 Å². The van der Waals surface area contributed by atoms with Crippen molar-refractivity contribution >= 4 is 12.0 Å². The van der Waals surface area contributed by atoms with Crippen LogP contribution in [-0.4, -0.2) is 59.0 Å². The van der Waals surface area contributed by atoms with Crippen LogP contribution in [0.3, 0.4) is 0 Å². The number of amides is 2. The van der Waals surface area contributed by atoms with Gasteiger partial charge in [0.05, 0.1) is 6.10 Å². The second kappa shape index (κ2) is 6.37. The molecule has 2 rings (SSSR count). The largest absolute Gasteiger partial charge is 0.376 e. The smallest absolute Gasteiger partial charge is 0.317 e. The standard InChI is InChI=1S/C11H20N6O2/c1-17(7-8-3-2-6-19-8)11(18)13-5-4-9-14-10(12)16-15-9/h8H,2-7H2,1H3,(H,13,18)(H3,12,14,15,16)/t8-/m1/s1. The predicted molar refractivity (Wildman–Crippen MR) is 69.5 cm³/mol. The normalized spacial score (nSPS) is 18.5. The van der Waals surface area contributed by atoms with Gasteiger partial charge in [0.2, 0.25) is 5.95 Å². The van der Waals surface area contributed by atoms with Gasteiger partial charge in [-0.05, 0) is 12.8 Å². The molecule has 0 radical (unpaired) electrons. The highest BCUT2D eigenvalue weighted by molar-refractivity contribution is 5.73. The first-order valence-corrected chi connectivity index (χ1v) is 6.42. The number of nitrogens with two attached hydrogens (primary N) is 1. The number of rotatable bonds is 5. The third-order valence-corrected chi connectivity index (χ3v) is 3.04. The number of nitrogens with zero attached hydrogens (tertiary/aromatic N) is 3. The fourth-order valence-electron chi connectivity index (χ4n) is 2.02. The molecule has 0 aromatic carbocycles. The summed E-state index contributed by atoms with van der Waals surface area (Å²) < 4.78 is 5.49. The van der Waals surface area contributed by atoms with Crippen LogP contribution in [0.1, 0.15) is 18.7 Å². The molecule has 1 aromatic rings. The number of anilines is 1. The summed E-state index contributed by atoms with van der Waals surface area (Å²) in [5.74, 6) is 0.886. The molecule has 1 atom stereocenters. The first kappa shape index (κ1) is 13.6. The van der Waals surface area contributed by atoms with Crippen LogP contribution in [0.5, 0.6) is 0 Å². The summed E-state index contributed by atoms with van der Waals surface area (Å²) in [5.41, 5.74) is 5.39. The van der Waals surface area contributed by atoms with Crippen molar-refractivity contribution in [3.8, 4) is 0 Å². The molecule has 1 aliphatic heterocycles. The number of likely N-dealkylation sites (N-methyl/N-ethyl adjacent to an activating group) is 1. The third kappa shape index (κ3) is 4.09. The Bertz CT molecular complexity index is 415. The zero-order chi connectivity index (χ0) is 13.7. The van der Waals surface area contributed by atoms with Crippen LogP contribution < -0.4 is 11.1 Å². The molecule has 1 saturated heterocycles. The maximum atomic E-state index is 11.8. The fraction of sp³-hybridized carbons (Fsp3) is 0.727. The van der Waals surface area contributed by atoms with Gasteiger partial charge in [-0.2, -0.15) is 4.98 Å². The van der Waals surface area contributed by atoms with Gasteiger partial charge >= 0.3 is 6.03 Å². The molecule has 0 unspecified atom stereocenters. The van der Waals surface area contributed by atoms with E-state index in [-0.39, 0.29) is 18.1 Å². The summed E-state index contributed by atoms with van der Waals surface area (Å²) >= 11 is 0. The zero-order valence-corrected chi connectivity index (χ0v) is 11.1. The Morgan fingerprint density at radius 2 is 2.53 bits per heavy atom. The Balaban J connectivity index is 1.65. The van der Waals surface area contributed by atoms with Gasteiger partial charge in [-0.1, -0.05) is 0 Å². The molecule has 19 heavy (non-hydrogen) atoms. The SMILES string of the molecule is CN(C[C@H]1CCCO1)C(=O)NCCc1nc(N)n[nH]1. The molecule has 2 amide bonds. The van der Waals surface area contributed by atoms with Crippen molar-refractivity contribution in [2.75, 3.05) is 32.5 Å². The highest BCUT2D eigenvalue weighted by Crippen LogP contribution is 2.12. The minimum Gasteiger partial charge on any atom is -0.376 e. The lowest BCUT2D eigenvalue weighted by Gasteiger charge is -2.21. The van der Waals surface area contributed by atoms with Crippen molar-refractivity contribution < 1.29 is 9.53 Å². The lowest BCUT2D eigenvalue weighted by Crippen LogP contribution is -2.41. The summed E-state index contributed by atoms with van der Waals surface area (Å²) in [6, 6.07) is -0.108. The third-order valence-electron chi connectivity index (χ3n) is 3.04. The molecule has 1 aliphatic rings. The van der Waals surface area contributed by atoms with Crippen molar-refractivity contribution in [2.24, 2.45) is 0 Å². The van der Waals surface area contributed by atoms with Gasteiger partial charge in [-0.15, -0.1) is 5.10 Å². The molecule has 0 saturated carbocycles. The van der Waals surface area contributed by atoms with Crippen LogP contribution in [0.25, 0.3) is 0 Å². The summed E-state index contributed by atoms with van der Waals surface area (Å²) in [7, 11) is 1.77. The summed E-state index contributed by atoms with van der Waals surface area (Å²) in [6.45, 7) is 1.91. The molecular formula is C11H20N6O2. The minimum absolute atomic E-state index is 0.108. The van der Waals surface area contributed by atoms with Crippen LogP contribution in [-0.2, 0) is 11.2 Å². The Labute approximate surface area is 111 Å². The summed E-state index contributed by atoms with van der Waals surface area (Å²) in [5, 5.41) is 9.23. The Kier molecular flexibility index (Phi) is 4.56. The summed E-state index contributed by atoms with van der Waals surface area (Å²) in [6.07, 6.45) is 2.84. The van der Waals surface area contributed by atoms with Gasteiger partial charge in [0.25, 0.3) is 0 Å². The van der Waals surface area contributed by atoms with Crippen molar-refractivity contribution in [1.82, 2.24) is 25.4 Å². The number of aromatic amines is 1. The fourth-order valence-corrected chi connectivity index (χ4v) is 2.02. The van der Waals surface area contributed by atoms with Crippen molar-refractivity contribution in [3.05, 3.63) is 5.82 Å². The molecule has 1 aromatic heterocycles. The highest BCUT2D eigenvalue weighted by Gasteiger charge is 2.19. The first-order chi connectivity index (χ1) is 9.15. The number of ether oxygens (including phenoxy) is 1. The summed E-state index contributed by atoms with van der Waals surface area (Å²) in [4.78, 5) is 17.4. The number of urea groups is 1. The molecular weight excluding hydrogens is 248 g/mol. The molecule has 4 N–H and O–H groups in total. The van der Waals surface area contributed by atoms with E-state index in [1.807, 2.05) is 0 Å². The quantitative estimate of drug-likeness (QED) is 0.682. The molecule has 0 spiro atoms. The molecule has 8 heteroatoms. The van der Waals surface area contributed by atoms with E-state index in [9.17, 15) is 4.79 Å². The van der Waals surface area contributed by atoms with E-state index in [1.54, 1.807) is 11.9 Å². The maximum Gasteiger partial charge on any atom is 0.317 e. The Morgan fingerprint density at radius 1 is 1.68 bits per heavy atom. The van der Waals surface area contributed by atoms with Crippen LogP contribution in [0.2, 0.25) is 0 Å². The molecule has 2 heterocycles. The number of aromatic nitrogens is 3. The van der Waals surface area contributed by atoms with Crippen molar-refractivity contribution in [3.63, 3.8) is 0 Å². The van der Waals surface area contributed by atoms with E-state index in [4.69, 9.17) is 10.5 Å². The number of nitrogen functional groups attached to an aromatic ring is 1. The molecule has 0 bridgehead atoms. The number of carbonyl (C=O) groups is 1. The average molecular weight is 268 g/mol. The Hall–Kier alpha value is -1.83. The number of carbonyl (C=O) groups excluding carboxylic acids is 1. The first-order valence-electron chi connectivity index (χ1n) is 6.42. The monoisotopic (exact) mass is 268 g/mol. The number of hydrogen-bond acceptors (Lipinski definition) is 5. The van der Waals surface area contributed by atoms with Gasteiger partial charge in [0.15, 0.2) is 0 Å². The van der Waals surface area contributed by atoms with E-state index in [0.29, 0.717) is 25.3 Å². The van der Waals surface area contributed by atoms with Crippen LogP contribution in [0, 0.1) is 0 Å².